The lowest BCUT2D eigenvalue weighted by molar-refractivity contribution is 1.65. The second-order valence-corrected chi connectivity index (χ2v) is 5.92. The van der Waals surface area contributed by atoms with E-state index < -0.39 is 0 Å². The van der Waals surface area contributed by atoms with Crippen molar-refractivity contribution in [3.05, 3.63) is 83.3 Å². The lowest BCUT2D eigenvalue weighted by Gasteiger charge is -2.01. The fraction of sp³-hybridized carbons (Fsp3) is 0. The van der Waals surface area contributed by atoms with Crippen LogP contribution in [0.3, 0.4) is 0 Å². The number of hydrogen-bond acceptors (Lipinski definition) is 1. The maximum atomic E-state index is 3.09. The first-order chi connectivity index (χ1) is 10.4. The first-order valence-corrected chi connectivity index (χ1v) is 7.70. The van der Waals surface area contributed by atoms with Gasteiger partial charge in [-0.2, -0.15) is 0 Å². The molecule has 0 atom stereocenters. The molecular weight excluding hydrogens is 272 g/mol. The summed E-state index contributed by atoms with van der Waals surface area (Å²) in [5.74, 6) is 0. The van der Waals surface area contributed by atoms with Crippen LogP contribution in [0, 0.1) is 0 Å². The van der Waals surface area contributed by atoms with Crippen LogP contribution in [-0.2, 0) is 0 Å². The molecule has 1 aliphatic rings. The minimum Gasteiger partial charge on any atom is -0.134 e. The molecule has 0 unspecified atom stereocenters. The SMILES string of the molecule is C1=C=Cc2c(-c3ccccc3)sc(-c3ccccc3)c2C=1. The fourth-order valence-electron chi connectivity index (χ4n) is 2.58. The molecule has 0 nitrogen and oxygen atoms in total. The highest BCUT2D eigenvalue weighted by atomic mass is 32.1. The first-order valence-electron chi connectivity index (χ1n) is 6.88. The van der Waals surface area contributed by atoms with E-state index in [1.807, 2.05) is 23.5 Å². The monoisotopic (exact) mass is 284 g/mol. The highest BCUT2D eigenvalue weighted by Crippen LogP contribution is 2.44. The van der Waals surface area contributed by atoms with Crippen molar-refractivity contribution in [3.63, 3.8) is 0 Å². The van der Waals surface area contributed by atoms with Gasteiger partial charge in [0.1, 0.15) is 0 Å². The predicted molar refractivity (Wildman–Crippen MR) is 91.1 cm³/mol. The number of fused-ring (bicyclic) bond motifs is 1. The molecule has 3 aromatic rings. The molecule has 0 fully saturated rings. The lowest BCUT2D eigenvalue weighted by atomic mass is 10.00. The minimum atomic E-state index is 1.25. The van der Waals surface area contributed by atoms with Crippen LogP contribution in [0.2, 0.25) is 0 Å². The summed E-state index contributed by atoms with van der Waals surface area (Å²) in [5.41, 5.74) is 11.2. The average molecular weight is 284 g/mol. The van der Waals surface area contributed by atoms with Gasteiger partial charge in [-0.3, -0.25) is 0 Å². The minimum absolute atomic E-state index is 1.25. The molecule has 0 bridgehead atoms. The Kier molecular flexibility index (Phi) is 2.96. The van der Waals surface area contributed by atoms with Gasteiger partial charge >= 0.3 is 0 Å². The van der Waals surface area contributed by atoms with Gasteiger partial charge in [0, 0.05) is 20.9 Å². The second kappa shape index (κ2) is 5.09. The zero-order valence-electron chi connectivity index (χ0n) is 11.3. The number of hydrogen-bond donors (Lipinski definition) is 0. The third-order valence-electron chi connectivity index (χ3n) is 3.57. The van der Waals surface area contributed by atoms with Gasteiger partial charge in [0.2, 0.25) is 0 Å². The third-order valence-corrected chi connectivity index (χ3v) is 4.89. The van der Waals surface area contributed by atoms with Crippen LogP contribution in [0.1, 0.15) is 11.1 Å². The van der Waals surface area contributed by atoms with E-state index in [1.54, 1.807) is 0 Å². The van der Waals surface area contributed by atoms with Crippen molar-refractivity contribution >= 4 is 23.5 Å². The molecule has 0 saturated heterocycles. The normalized spacial score (nSPS) is 11.6. The molecule has 1 aliphatic carbocycles. The van der Waals surface area contributed by atoms with E-state index in [2.05, 4.69) is 72.1 Å². The Bertz CT molecular complexity index is 812. The van der Waals surface area contributed by atoms with Crippen molar-refractivity contribution < 1.29 is 0 Å². The van der Waals surface area contributed by atoms with Gasteiger partial charge in [0.05, 0.1) is 0 Å². The van der Waals surface area contributed by atoms with Crippen LogP contribution in [-0.4, -0.2) is 0 Å². The van der Waals surface area contributed by atoms with Crippen LogP contribution in [0.25, 0.3) is 33.0 Å². The van der Waals surface area contributed by atoms with Crippen LogP contribution >= 0.6 is 11.3 Å². The van der Waals surface area contributed by atoms with Crippen LogP contribution in [0.4, 0.5) is 0 Å². The molecule has 1 heterocycles. The summed E-state index contributed by atoms with van der Waals surface area (Å²) in [4.78, 5) is 2.60. The molecule has 98 valence electrons. The predicted octanol–water partition coefficient (Wildman–Crippen LogP) is 5.88. The molecule has 4 rings (SSSR count). The Balaban J connectivity index is 1.98. The Labute approximate surface area is 128 Å². The summed E-state index contributed by atoms with van der Waals surface area (Å²) in [5, 5.41) is 0. The van der Waals surface area contributed by atoms with Crippen molar-refractivity contribution in [1.82, 2.24) is 0 Å². The Morgan fingerprint density at radius 3 is 1.43 bits per heavy atom. The standard InChI is InChI=1S/C20H12S/c1-3-9-15(10-4-1)19-17-13-7-8-14-18(17)20(21-19)16-11-5-2-6-12-16/h1-6,9-14H. The molecular formula is C20H12S. The largest absolute Gasteiger partial charge is 0.134 e. The van der Waals surface area contributed by atoms with Crippen LogP contribution in [0.5, 0.6) is 0 Å². The highest BCUT2D eigenvalue weighted by Gasteiger charge is 2.17. The van der Waals surface area contributed by atoms with Crippen LogP contribution in [0.15, 0.2) is 72.1 Å². The molecule has 0 spiro atoms. The molecule has 0 N–H and O–H groups in total. The summed E-state index contributed by atoms with van der Waals surface area (Å²) in [6.07, 6.45) is 4.08. The van der Waals surface area contributed by atoms with Gasteiger partial charge in [0.15, 0.2) is 0 Å². The van der Waals surface area contributed by atoms with E-state index in [1.165, 1.54) is 32.0 Å². The van der Waals surface area contributed by atoms with E-state index >= 15 is 0 Å². The summed E-state index contributed by atoms with van der Waals surface area (Å²) < 4.78 is 0. The molecule has 1 heteroatoms. The van der Waals surface area contributed by atoms with Gasteiger partial charge in [-0.1, -0.05) is 72.1 Å². The number of thiophene rings is 1. The first kappa shape index (κ1) is 12.2. The zero-order valence-corrected chi connectivity index (χ0v) is 12.2. The molecule has 21 heavy (non-hydrogen) atoms. The zero-order chi connectivity index (χ0) is 14.1. The molecule has 0 aliphatic heterocycles. The molecule has 0 radical (unpaired) electrons. The topological polar surface area (TPSA) is 0 Å². The van der Waals surface area contributed by atoms with E-state index in [9.17, 15) is 0 Å². The van der Waals surface area contributed by atoms with Crippen molar-refractivity contribution in [2.75, 3.05) is 0 Å². The smallest absolute Gasteiger partial charge is 0.0434 e. The molecule has 0 saturated carbocycles. The maximum absolute atomic E-state index is 3.09. The third kappa shape index (κ3) is 2.11. The maximum Gasteiger partial charge on any atom is 0.0434 e. The summed E-state index contributed by atoms with van der Waals surface area (Å²) in [6, 6.07) is 21.1. The second-order valence-electron chi connectivity index (χ2n) is 4.90. The van der Waals surface area contributed by atoms with Gasteiger partial charge < -0.3 is 0 Å². The van der Waals surface area contributed by atoms with Gasteiger partial charge in [0.25, 0.3) is 0 Å². The van der Waals surface area contributed by atoms with E-state index in [-0.39, 0.29) is 0 Å². The molecule has 0 amide bonds. The van der Waals surface area contributed by atoms with Gasteiger partial charge in [-0.25, -0.2) is 0 Å². The Hall–Kier alpha value is -2.56. The summed E-state index contributed by atoms with van der Waals surface area (Å²) in [6.45, 7) is 0. The molecule has 2 aromatic carbocycles. The van der Waals surface area contributed by atoms with Crippen molar-refractivity contribution in [2.24, 2.45) is 0 Å². The summed E-state index contributed by atoms with van der Waals surface area (Å²) >= 11 is 1.84. The lowest BCUT2D eigenvalue weighted by Crippen LogP contribution is -1.81. The van der Waals surface area contributed by atoms with E-state index in [4.69, 9.17) is 0 Å². The fourth-order valence-corrected chi connectivity index (χ4v) is 3.85. The van der Waals surface area contributed by atoms with E-state index in [0.717, 1.165) is 0 Å². The Morgan fingerprint density at radius 1 is 0.571 bits per heavy atom. The van der Waals surface area contributed by atoms with Gasteiger partial charge in [-0.05, 0) is 23.3 Å². The van der Waals surface area contributed by atoms with Crippen molar-refractivity contribution in [1.29, 1.82) is 0 Å². The Morgan fingerprint density at radius 2 is 1.00 bits per heavy atom. The summed E-state index contributed by atoms with van der Waals surface area (Å²) in [7, 11) is 0. The highest BCUT2D eigenvalue weighted by molar-refractivity contribution is 7.19. The average Bonchev–Trinajstić information content (AvgIpc) is 2.96. The van der Waals surface area contributed by atoms with Crippen LogP contribution < -0.4 is 0 Å². The van der Waals surface area contributed by atoms with E-state index in [0.29, 0.717) is 0 Å². The molecule has 1 aromatic heterocycles. The quantitative estimate of drug-likeness (QED) is 0.403. The van der Waals surface area contributed by atoms with Gasteiger partial charge in [-0.15, -0.1) is 11.3 Å². The van der Waals surface area contributed by atoms with Crippen molar-refractivity contribution in [3.8, 4) is 20.9 Å². The number of benzene rings is 2. The number of rotatable bonds is 2. The van der Waals surface area contributed by atoms with Crippen molar-refractivity contribution in [2.45, 2.75) is 0 Å².